The van der Waals surface area contributed by atoms with Crippen molar-refractivity contribution >= 4 is 80.9 Å². The van der Waals surface area contributed by atoms with Crippen LogP contribution in [0.4, 0.5) is 0 Å². The summed E-state index contributed by atoms with van der Waals surface area (Å²) in [6, 6.07) is 0. The van der Waals surface area contributed by atoms with Crippen molar-refractivity contribution in [1.82, 2.24) is 0 Å². The molecule has 0 radical (unpaired) electrons. The summed E-state index contributed by atoms with van der Waals surface area (Å²) < 4.78 is 322. The lowest BCUT2D eigenvalue weighted by Crippen LogP contribution is -2.41. The van der Waals surface area contributed by atoms with Gasteiger partial charge in [0, 0.05) is 5.41 Å². The van der Waals surface area contributed by atoms with Gasteiger partial charge in [-0.05, 0) is 75.7 Å². The highest BCUT2D eigenvalue weighted by Crippen LogP contribution is 2.26. The second-order valence-corrected chi connectivity index (χ2v) is 38.8. The van der Waals surface area contributed by atoms with Gasteiger partial charge in [-0.25, -0.2) is 0 Å². The van der Waals surface area contributed by atoms with E-state index in [4.69, 9.17) is 105 Å². The van der Waals surface area contributed by atoms with E-state index in [9.17, 15) is 67.3 Å². The Labute approximate surface area is 630 Å². The molecule has 0 aliphatic rings. The fourth-order valence-electron chi connectivity index (χ4n) is 8.80. The highest BCUT2D eigenvalue weighted by Gasteiger charge is 2.33. The molecule has 39 nitrogen and oxygen atoms in total. The van der Waals surface area contributed by atoms with Crippen LogP contribution in [0.15, 0.2) is 0 Å². The van der Waals surface area contributed by atoms with Crippen LogP contribution in [0.3, 0.4) is 0 Å². The highest BCUT2D eigenvalue weighted by atomic mass is 32.2. The van der Waals surface area contributed by atoms with Crippen LogP contribution < -0.4 is 0 Å². The van der Waals surface area contributed by atoms with E-state index < -0.39 is 178 Å². The first-order valence-corrected chi connectivity index (χ1v) is 48.0. The van der Waals surface area contributed by atoms with Crippen LogP contribution in [0.5, 0.6) is 0 Å². The maximum absolute atomic E-state index is 12.1. The van der Waals surface area contributed by atoms with Gasteiger partial charge in [0.05, 0.1) is 263 Å². The van der Waals surface area contributed by atoms with Gasteiger partial charge in [0.2, 0.25) is 0 Å². The molecule has 0 fully saturated rings. The number of ether oxygens (including phenoxy) is 15. The van der Waals surface area contributed by atoms with Crippen LogP contribution in [-0.4, -0.2) is 361 Å². The molecule has 0 aliphatic heterocycles. The van der Waals surface area contributed by atoms with Gasteiger partial charge in [-0.2, -0.15) is 67.3 Å². The van der Waals surface area contributed by atoms with Gasteiger partial charge in [0.25, 0.3) is 80.9 Å². The molecular weight excluding hydrogens is 1590 g/mol. The summed E-state index contributed by atoms with van der Waals surface area (Å²) in [7, 11) is -31.0. The second kappa shape index (κ2) is 52.2. The Hall–Kier alpha value is -1.32. The van der Waals surface area contributed by atoms with Crippen molar-refractivity contribution in [2.45, 2.75) is 174 Å². The zero-order valence-corrected chi connectivity index (χ0v) is 70.9. The molecular formula is C59H120O39S8. The van der Waals surface area contributed by atoms with Gasteiger partial charge < -0.3 is 71.1 Å². The fraction of sp³-hybridized carbons (Fsp3) is 1.00. The SMILES string of the molecule is CCC(COCC(COCC(C)OS(C)(=O)=O)OCC(C)OCC(C)OS(C)(=O)=O)(COCC(COCC(C)OCC(C)OS(C)(=O)=O)OCC(C)OS(C)(=O)=O)COCC(COCC(COCC(C)OS(C)(=O)=O)OCC(C)OS(C)(=O)=O)OCC(COCC(C)OS(C)(=O)=O)OCC(C)OS(C)(=O)=O. The first kappa shape index (κ1) is 105. The first-order valence-electron chi connectivity index (χ1n) is 33.5. The van der Waals surface area contributed by atoms with Gasteiger partial charge in [-0.1, -0.05) is 6.92 Å². The number of hydrogen-bond acceptors (Lipinski definition) is 39. The summed E-state index contributed by atoms with van der Waals surface area (Å²) in [6.07, 6.45) is -6.39. The predicted molar refractivity (Wildman–Crippen MR) is 382 cm³/mol. The van der Waals surface area contributed by atoms with E-state index in [2.05, 4.69) is 0 Å². The van der Waals surface area contributed by atoms with E-state index >= 15 is 0 Å². The normalized spacial score (nSPS) is 18.3. The summed E-state index contributed by atoms with van der Waals surface area (Å²) in [4.78, 5) is 0. The van der Waals surface area contributed by atoms with Gasteiger partial charge in [-0.15, -0.1) is 0 Å². The Morgan fingerprint density at radius 2 is 0.349 bits per heavy atom. The molecule has 0 aromatic carbocycles. The number of hydrogen-bond donors (Lipinski definition) is 0. The van der Waals surface area contributed by atoms with Crippen LogP contribution in [0.25, 0.3) is 0 Å². The molecule has 0 aromatic heterocycles. The minimum atomic E-state index is -3.95. The molecule has 0 N–H and O–H groups in total. The topological polar surface area (TPSA) is 485 Å². The summed E-state index contributed by atoms with van der Waals surface area (Å²) in [5.74, 6) is 0. The van der Waals surface area contributed by atoms with Crippen molar-refractivity contribution in [3.63, 3.8) is 0 Å². The van der Waals surface area contributed by atoms with Crippen LogP contribution in [0, 0.1) is 5.41 Å². The molecule has 16 unspecified atom stereocenters. The Kier molecular flexibility index (Phi) is 51.6. The van der Waals surface area contributed by atoms with Crippen molar-refractivity contribution in [3.8, 4) is 0 Å². The summed E-state index contributed by atoms with van der Waals surface area (Å²) in [5, 5.41) is 0. The molecule has 0 aliphatic carbocycles. The summed E-state index contributed by atoms with van der Waals surface area (Å²) >= 11 is 0. The van der Waals surface area contributed by atoms with E-state index in [1.165, 1.54) is 55.4 Å². The minimum absolute atomic E-state index is 0.0359. The molecule has 0 heterocycles. The average Bonchev–Trinajstić information content (AvgIpc) is 0.865. The van der Waals surface area contributed by atoms with Crippen LogP contribution in [0.1, 0.15) is 82.6 Å². The lowest BCUT2D eigenvalue weighted by atomic mass is 9.88. The zero-order valence-electron chi connectivity index (χ0n) is 64.3. The smallest absolute Gasteiger partial charge is 0.264 e. The Balaban J connectivity index is 7.76. The van der Waals surface area contributed by atoms with E-state index in [0.29, 0.717) is 0 Å². The highest BCUT2D eigenvalue weighted by molar-refractivity contribution is 7.87. The predicted octanol–water partition coefficient (Wildman–Crippen LogP) is 0.169. The Morgan fingerprint density at radius 3 is 0.566 bits per heavy atom. The van der Waals surface area contributed by atoms with Crippen molar-refractivity contribution in [2.24, 2.45) is 5.41 Å². The quantitative estimate of drug-likeness (QED) is 0.0732. The molecule has 0 aromatic rings. The molecule has 0 saturated carbocycles. The maximum atomic E-state index is 12.1. The van der Waals surface area contributed by atoms with Crippen molar-refractivity contribution in [1.29, 1.82) is 0 Å². The molecule has 0 spiro atoms. The molecule has 0 rings (SSSR count). The molecule has 47 heteroatoms. The lowest BCUT2D eigenvalue weighted by Gasteiger charge is -2.34. The van der Waals surface area contributed by atoms with Crippen LogP contribution in [0.2, 0.25) is 0 Å². The molecule has 0 amide bonds. The Bertz CT molecular complexity index is 3310. The maximum Gasteiger partial charge on any atom is 0.264 e. The van der Waals surface area contributed by atoms with E-state index in [-0.39, 0.29) is 158 Å². The van der Waals surface area contributed by atoms with Gasteiger partial charge in [0.15, 0.2) is 0 Å². The van der Waals surface area contributed by atoms with Crippen molar-refractivity contribution in [3.05, 3.63) is 0 Å². The van der Waals surface area contributed by atoms with E-state index in [0.717, 1.165) is 50.0 Å². The fourth-order valence-corrected chi connectivity index (χ4v) is 14.0. The molecule has 0 saturated heterocycles. The lowest BCUT2D eigenvalue weighted by molar-refractivity contribution is -0.147. The largest absolute Gasteiger partial charge is 0.378 e. The third-order valence-electron chi connectivity index (χ3n) is 12.8. The van der Waals surface area contributed by atoms with E-state index in [1.54, 1.807) is 13.8 Å². The van der Waals surface area contributed by atoms with Crippen LogP contribution in [-0.2, 0) is 185 Å². The second-order valence-electron chi connectivity index (χ2n) is 26.0. The van der Waals surface area contributed by atoms with Gasteiger partial charge >= 0.3 is 0 Å². The van der Waals surface area contributed by atoms with Gasteiger partial charge in [0.1, 0.15) is 30.5 Å². The summed E-state index contributed by atoms with van der Waals surface area (Å²) in [6.45, 7) is 11.8. The number of rotatable bonds is 70. The third kappa shape index (κ3) is 65.1. The first-order chi connectivity index (χ1) is 48.5. The van der Waals surface area contributed by atoms with Crippen molar-refractivity contribution in [2.75, 3.05) is 202 Å². The molecule has 638 valence electrons. The Morgan fingerprint density at radius 1 is 0.198 bits per heavy atom. The zero-order chi connectivity index (χ0) is 81.4. The van der Waals surface area contributed by atoms with Crippen LogP contribution >= 0.6 is 0 Å². The van der Waals surface area contributed by atoms with Crippen molar-refractivity contribution < 1.29 is 172 Å². The minimum Gasteiger partial charge on any atom is -0.378 e. The standard InChI is InChI=1S/C59H120O39S8/c1-20-59(41-81-37-55(33-78-23-47(5)92-100(13,62)63)86-25-45(3)85-27-50(8)95-103(16,68)69,42-82-38-56(88-29-52(10)97-105(18,72)73)32-76-21-44(2)84-26-49(7)94-102(15,66)67)43-83-39-57(90-40-58(89-30-53(11)98-106(19,74)75)36-79-24-48(6)93-101(14,64)65)35-80-34-54(87-28-51(9)96-104(17,70)71)31-77-22-46(4)91-99(12,60)61/h44-58H,20-43H2,1-19H3. The third-order valence-corrected chi connectivity index (χ3v) is 18.3. The van der Waals surface area contributed by atoms with Gasteiger partial charge in [-0.3, -0.25) is 33.5 Å². The molecule has 106 heavy (non-hydrogen) atoms. The monoisotopic (exact) mass is 1710 g/mol. The average molecular weight is 1710 g/mol. The summed E-state index contributed by atoms with van der Waals surface area (Å²) in [5.41, 5.74) is -1.13. The molecule has 16 atom stereocenters. The molecule has 0 bridgehead atoms. The van der Waals surface area contributed by atoms with E-state index in [1.807, 2.05) is 6.92 Å².